The maximum Gasteiger partial charge on any atom is 0.272 e. The first-order chi connectivity index (χ1) is 9.66. The van der Waals surface area contributed by atoms with Gasteiger partial charge in [0.15, 0.2) is 5.82 Å². The van der Waals surface area contributed by atoms with E-state index in [0.717, 1.165) is 45.3 Å². The molecule has 1 aliphatic heterocycles. The molecule has 6 nitrogen and oxygen atoms in total. The fourth-order valence-corrected chi connectivity index (χ4v) is 2.11. The minimum atomic E-state index is -0.606. The Morgan fingerprint density at radius 2 is 2.15 bits per heavy atom. The van der Waals surface area contributed by atoms with Gasteiger partial charge in [-0.3, -0.25) is 15.0 Å². The lowest BCUT2D eigenvalue weighted by molar-refractivity contribution is -0.385. The van der Waals surface area contributed by atoms with Gasteiger partial charge in [0.25, 0.3) is 5.69 Å². The molecule has 0 radical (unpaired) electrons. The van der Waals surface area contributed by atoms with E-state index in [-0.39, 0.29) is 5.69 Å². The van der Waals surface area contributed by atoms with Crippen LogP contribution in [0.3, 0.4) is 0 Å². The number of nitro groups is 1. The smallest absolute Gasteiger partial charge is 0.272 e. The fraction of sp³-hybridized carbons (Fsp3) is 0.538. The summed E-state index contributed by atoms with van der Waals surface area (Å²) < 4.78 is 18.9. The van der Waals surface area contributed by atoms with Gasteiger partial charge in [-0.15, -0.1) is 0 Å². The molecule has 2 rings (SSSR count). The summed E-state index contributed by atoms with van der Waals surface area (Å²) in [6.07, 6.45) is 0.885. The molecule has 0 bridgehead atoms. The fourth-order valence-electron chi connectivity index (χ4n) is 2.11. The van der Waals surface area contributed by atoms with Crippen molar-refractivity contribution in [3.8, 4) is 0 Å². The normalized spacial score (nSPS) is 16.1. The molecule has 1 N–H and O–H groups in total. The van der Waals surface area contributed by atoms with Gasteiger partial charge >= 0.3 is 0 Å². The van der Waals surface area contributed by atoms with Gasteiger partial charge in [0.05, 0.1) is 29.9 Å². The Labute approximate surface area is 116 Å². The summed E-state index contributed by atoms with van der Waals surface area (Å²) in [6.45, 7) is 4.98. The third-order valence-corrected chi connectivity index (χ3v) is 3.23. The first-order valence-electron chi connectivity index (χ1n) is 6.65. The summed E-state index contributed by atoms with van der Waals surface area (Å²) in [4.78, 5) is 12.2. The summed E-state index contributed by atoms with van der Waals surface area (Å²) in [7, 11) is 0. The minimum absolute atomic E-state index is 0.235. The number of anilines is 1. The molecule has 0 unspecified atom stereocenters. The molecule has 0 aromatic heterocycles. The number of rotatable bonds is 6. The molecule has 1 aliphatic rings. The number of nitro benzene ring substituents is 1. The van der Waals surface area contributed by atoms with Crippen LogP contribution < -0.4 is 5.32 Å². The van der Waals surface area contributed by atoms with Crippen LogP contribution in [0.4, 0.5) is 15.8 Å². The van der Waals surface area contributed by atoms with Crippen molar-refractivity contribution in [2.75, 3.05) is 44.7 Å². The summed E-state index contributed by atoms with van der Waals surface area (Å²) in [5.41, 5.74) is 0.0685. The molecule has 0 atom stereocenters. The predicted molar refractivity (Wildman–Crippen MR) is 73.4 cm³/mol. The van der Waals surface area contributed by atoms with Crippen molar-refractivity contribution >= 4 is 11.4 Å². The summed E-state index contributed by atoms with van der Waals surface area (Å²) in [6, 6.07) is 3.64. The summed E-state index contributed by atoms with van der Waals surface area (Å²) in [5.74, 6) is -0.592. The highest BCUT2D eigenvalue weighted by atomic mass is 19.1. The average Bonchev–Trinajstić information content (AvgIpc) is 2.46. The van der Waals surface area contributed by atoms with Gasteiger partial charge in [-0.1, -0.05) is 0 Å². The standard InChI is InChI=1S/C13H18FN3O3/c14-12-10-11(17(18)19)2-3-13(12)15-4-1-5-16-6-8-20-9-7-16/h2-3,10,15H,1,4-9H2. The third-order valence-electron chi connectivity index (χ3n) is 3.23. The number of hydrogen-bond donors (Lipinski definition) is 1. The molecule has 1 fully saturated rings. The van der Waals surface area contributed by atoms with E-state index in [1.165, 1.54) is 12.1 Å². The van der Waals surface area contributed by atoms with Crippen LogP contribution in [0.2, 0.25) is 0 Å². The number of nitrogens with one attached hydrogen (secondary N) is 1. The molecule has 7 heteroatoms. The molecular formula is C13H18FN3O3. The molecular weight excluding hydrogens is 265 g/mol. The zero-order valence-electron chi connectivity index (χ0n) is 11.2. The van der Waals surface area contributed by atoms with Crippen molar-refractivity contribution in [3.63, 3.8) is 0 Å². The number of non-ortho nitro benzene ring substituents is 1. The van der Waals surface area contributed by atoms with Crippen LogP contribution in [0.1, 0.15) is 6.42 Å². The molecule has 0 amide bonds. The number of halogens is 1. The van der Waals surface area contributed by atoms with Crippen LogP contribution in [0.15, 0.2) is 18.2 Å². The van der Waals surface area contributed by atoms with E-state index >= 15 is 0 Å². The van der Waals surface area contributed by atoms with Crippen molar-refractivity contribution in [1.29, 1.82) is 0 Å². The Hall–Kier alpha value is -1.73. The maximum absolute atomic E-state index is 13.6. The van der Waals surface area contributed by atoms with Crippen LogP contribution in [-0.2, 0) is 4.74 Å². The second-order valence-corrected chi connectivity index (χ2v) is 4.66. The number of morpholine rings is 1. The zero-order valence-corrected chi connectivity index (χ0v) is 11.2. The van der Waals surface area contributed by atoms with E-state index in [0.29, 0.717) is 12.2 Å². The highest BCUT2D eigenvalue weighted by Gasteiger charge is 2.11. The Kier molecular flexibility index (Phi) is 5.25. The molecule has 1 heterocycles. The van der Waals surface area contributed by atoms with Gasteiger partial charge in [-0.05, 0) is 19.0 Å². The maximum atomic E-state index is 13.6. The number of ether oxygens (including phenoxy) is 1. The molecule has 1 aromatic carbocycles. The van der Waals surface area contributed by atoms with E-state index in [4.69, 9.17) is 4.74 Å². The predicted octanol–water partition coefficient (Wildman–Crippen LogP) is 1.87. The number of hydrogen-bond acceptors (Lipinski definition) is 5. The molecule has 20 heavy (non-hydrogen) atoms. The monoisotopic (exact) mass is 283 g/mol. The van der Waals surface area contributed by atoms with E-state index in [9.17, 15) is 14.5 Å². The van der Waals surface area contributed by atoms with Crippen molar-refractivity contribution in [2.24, 2.45) is 0 Å². The molecule has 0 saturated carbocycles. The van der Waals surface area contributed by atoms with Crippen LogP contribution in [0.5, 0.6) is 0 Å². The first kappa shape index (κ1) is 14.7. The van der Waals surface area contributed by atoms with E-state index in [1.807, 2.05) is 0 Å². The zero-order chi connectivity index (χ0) is 14.4. The van der Waals surface area contributed by atoms with Gasteiger partial charge in [0.2, 0.25) is 0 Å². The first-order valence-corrected chi connectivity index (χ1v) is 6.65. The molecule has 110 valence electrons. The van der Waals surface area contributed by atoms with Crippen LogP contribution in [-0.4, -0.2) is 49.2 Å². The van der Waals surface area contributed by atoms with Gasteiger partial charge in [-0.2, -0.15) is 0 Å². The van der Waals surface area contributed by atoms with Crippen molar-refractivity contribution in [3.05, 3.63) is 34.1 Å². The second kappa shape index (κ2) is 7.16. The van der Waals surface area contributed by atoms with Gasteiger partial charge in [0.1, 0.15) is 0 Å². The van der Waals surface area contributed by atoms with Crippen molar-refractivity contribution < 1.29 is 14.1 Å². The van der Waals surface area contributed by atoms with Crippen LogP contribution in [0, 0.1) is 15.9 Å². The highest BCUT2D eigenvalue weighted by molar-refractivity contribution is 5.49. The minimum Gasteiger partial charge on any atom is -0.383 e. The Morgan fingerprint density at radius 1 is 1.40 bits per heavy atom. The number of nitrogens with zero attached hydrogens (tertiary/aromatic N) is 2. The quantitative estimate of drug-likeness (QED) is 0.490. The lowest BCUT2D eigenvalue weighted by atomic mass is 10.2. The van der Waals surface area contributed by atoms with Crippen molar-refractivity contribution in [2.45, 2.75) is 6.42 Å². The van der Waals surface area contributed by atoms with E-state index in [2.05, 4.69) is 10.2 Å². The van der Waals surface area contributed by atoms with E-state index < -0.39 is 10.7 Å². The molecule has 0 aliphatic carbocycles. The van der Waals surface area contributed by atoms with Gasteiger partial charge in [-0.25, -0.2) is 4.39 Å². The van der Waals surface area contributed by atoms with Crippen LogP contribution in [0.25, 0.3) is 0 Å². The summed E-state index contributed by atoms with van der Waals surface area (Å²) >= 11 is 0. The van der Waals surface area contributed by atoms with Crippen molar-refractivity contribution in [1.82, 2.24) is 4.90 Å². The topological polar surface area (TPSA) is 67.6 Å². The second-order valence-electron chi connectivity index (χ2n) is 4.66. The Morgan fingerprint density at radius 3 is 2.80 bits per heavy atom. The SMILES string of the molecule is O=[N+]([O-])c1ccc(NCCCN2CCOCC2)c(F)c1. The third kappa shape index (κ3) is 4.14. The Bertz CT molecular complexity index is 464. The van der Waals surface area contributed by atoms with Gasteiger partial charge in [0, 0.05) is 25.7 Å². The number of benzene rings is 1. The van der Waals surface area contributed by atoms with E-state index in [1.54, 1.807) is 0 Å². The molecule has 1 saturated heterocycles. The molecule has 1 aromatic rings. The largest absolute Gasteiger partial charge is 0.383 e. The van der Waals surface area contributed by atoms with Crippen LogP contribution >= 0.6 is 0 Å². The lowest BCUT2D eigenvalue weighted by Crippen LogP contribution is -2.37. The molecule has 0 spiro atoms. The summed E-state index contributed by atoms with van der Waals surface area (Å²) in [5, 5.41) is 13.5. The average molecular weight is 283 g/mol. The Balaban J connectivity index is 1.74. The van der Waals surface area contributed by atoms with Gasteiger partial charge < -0.3 is 10.1 Å². The lowest BCUT2D eigenvalue weighted by Gasteiger charge is -2.26. The highest BCUT2D eigenvalue weighted by Crippen LogP contribution is 2.20.